The van der Waals surface area contributed by atoms with Crippen LogP contribution in [0, 0.1) is 0 Å². The van der Waals surface area contributed by atoms with E-state index in [0.717, 1.165) is 27.2 Å². The van der Waals surface area contributed by atoms with Gasteiger partial charge >= 0.3 is 0 Å². The van der Waals surface area contributed by atoms with Crippen LogP contribution < -0.4 is 10.1 Å². The molecule has 2 N–H and O–H groups in total. The van der Waals surface area contributed by atoms with Crippen LogP contribution in [0.2, 0.25) is 0 Å². The largest absolute Gasteiger partial charge is 0.486 e. The number of aromatic nitrogens is 2. The van der Waals surface area contributed by atoms with Gasteiger partial charge in [0.25, 0.3) is 5.91 Å². The van der Waals surface area contributed by atoms with Crippen LogP contribution in [-0.4, -0.2) is 16.1 Å². The first kappa shape index (κ1) is 19.0. The zero-order chi connectivity index (χ0) is 20.1. The summed E-state index contributed by atoms with van der Waals surface area (Å²) in [5.74, 6) is 1.24. The Labute approximate surface area is 176 Å². The minimum absolute atomic E-state index is 0.238. The molecule has 0 aliphatic heterocycles. The van der Waals surface area contributed by atoms with E-state index in [0.29, 0.717) is 12.3 Å². The van der Waals surface area contributed by atoms with E-state index < -0.39 is 0 Å². The van der Waals surface area contributed by atoms with Gasteiger partial charge in [0.1, 0.15) is 18.1 Å². The summed E-state index contributed by atoms with van der Waals surface area (Å²) in [5, 5.41) is 10.0. The number of aromatic amines is 1. The van der Waals surface area contributed by atoms with Gasteiger partial charge in [-0.05, 0) is 42.5 Å². The fraction of sp³-hybridized carbons (Fsp3) is 0.0909. The molecule has 0 bridgehead atoms. The minimum Gasteiger partial charge on any atom is -0.486 e. The number of benzene rings is 2. The predicted octanol–water partition coefficient (Wildman–Crippen LogP) is 4.94. The third-order valence-electron chi connectivity index (χ3n) is 4.22. The molecule has 6 nitrogen and oxygen atoms in total. The SMILES string of the molecule is O=C(NCc1cc(-c2ccccc2)n[nH]1)c1ccc(COc2ccc(Br)cc2)o1. The highest BCUT2D eigenvalue weighted by Crippen LogP contribution is 2.19. The molecular weight excluding hydrogens is 434 g/mol. The number of carbonyl (C=O) groups is 1. The Morgan fingerprint density at radius 3 is 2.66 bits per heavy atom. The van der Waals surface area contributed by atoms with Crippen molar-refractivity contribution in [3.8, 4) is 17.0 Å². The summed E-state index contributed by atoms with van der Waals surface area (Å²) in [7, 11) is 0. The molecule has 0 aliphatic carbocycles. The number of H-pyrrole nitrogens is 1. The first-order valence-corrected chi connectivity index (χ1v) is 9.82. The third kappa shape index (κ3) is 4.94. The topological polar surface area (TPSA) is 80.2 Å². The van der Waals surface area contributed by atoms with Gasteiger partial charge in [0.05, 0.1) is 17.9 Å². The molecular formula is C22H18BrN3O3. The summed E-state index contributed by atoms with van der Waals surface area (Å²) in [6, 6.07) is 22.6. The molecule has 1 amide bonds. The van der Waals surface area contributed by atoms with E-state index in [1.165, 1.54) is 0 Å². The molecule has 0 spiro atoms. The Hall–Kier alpha value is -3.32. The van der Waals surface area contributed by atoms with Gasteiger partial charge in [-0.15, -0.1) is 0 Å². The second kappa shape index (κ2) is 8.79. The molecule has 0 saturated heterocycles. The van der Waals surface area contributed by atoms with E-state index >= 15 is 0 Å². The second-order valence-corrected chi connectivity index (χ2v) is 7.25. The van der Waals surface area contributed by atoms with Crippen LogP contribution in [0.25, 0.3) is 11.3 Å². The van der Waals surface area contributed by atoms with E-state index in [1.807, 2.05) is 60.7 Å². The number of carbonyl (C=O) groups excluding carboxylic acids is 1. The van der Waals surface area contributed by atoms with Crippen molar-refractivity contribution in [1.29, 1.82) is 0 Å². The number of hydrogen-bond acceptors (Lipinski definition) is 4. The van der Waals surface area contributed by atoms with Crippen molar-refractivity contribution >= 4 is 21.8 Å². The van der Waals surface area contributed by atoms with E-state index in [9.17, 15) is 4.79 Å². The molecule has 2 aromatic carbocycles. The van der Waals surface area contributed by atoms with E-state index in [-0.39, 0.29) is 18.3 Å². The van der Waals surface area contributed by atoms with Gasteiger partial charge < -0.3 is 14.5 Å². The van der Waals surface area contributed by atoms with Gasteiger partial charge in [0.2, 0.25) is 0 Å². The second-order valence-electron chi connectivity index (χ2n) is 6.34. The molecule has 146 valence electrons. The number of nitrogens with one attached hydrogen (secondary N) is 2. The third-order valence-corrected chi connectivity index (χ3v) is 4.75. The zero-order valence-corrected chi connectivity index (χ0v) is 17.0. The Morgan fingerprint density at radius 1 is 1.07 bits per heavy atom. The van der Waals surface area contributed by atoms with Gasteiger partial charge in [-0.1, -0.05) is 46.3 Å². The lowest BCUT2D eigenvalue weighted by Gasteiger charge is -2.04. The monoisotopic (exact) mass is 451 g/mol. The smallest absolute Gasteiger partial charge is 0.287 e. The molecule has 0 saturated carbocycles. The standard InChI is InChI=1S/C22H18BrN3O3/c23-16-6-8-18(9-7-16)28-14-19-10-11-21(29-19)22(27)24-13-17-12-20(26-25-17)15-4-2-1-3-5-15/h1-12H,13-14H2,(H,24,27)(H,25,26). The average Bonchev–Trinajstić information content (AvgIpc) is 3.42. The fourth-order valence-electron chi connectivity index (χ4n) is 2.73. The average molecular weight is 452 g/mol. The molecule has 0 aliphatic rings. The molecule has 4 aromatic rings. The Morgan fingerprint density at radius 2 is 1.86 bits per heavy atom. The van der Waals surface area contributed by atoms with Crippen molar-refractivity contribution in [2.75, 3.05) is 0 Å². The van der Waals surface area contributed by atoms with Crippen LogP contribution in [0.5, 0.6) is 5.75 Å². The van der Waals surface area contributed by atoms with E-state index in [1.54, 1.807) is 12.1 Å². The molecule has 2 aromatic heterocycles. The highest BCUT2D eigenvalue weighted by Gasteiger charge is 2.12. The summed E-state index contributed by atoms with van der Waals surface area (Å²) in [5.41, 5.74) is 2.66. The maximum absolute atomic E-state index is 12.3. The number of rotatable bonds is 7. The Kier molecular flexibility index (Phi) is 5.76. The van der Waals surface area contributed by atoms with Gasteiger partial charge in [-0.25, -0.2) is 0 Å². The van der Waals surface area contributed by atoms with Crippen LogP contribution in [0.4, 0.5) is 0 Å². The van der Waals surface area contributed by atoms with Crippen molar-refractivity contribution in [3.05, 3.63) is 94.5 Å². The quantitative estimate of drug-likeness (QED) is 0.416. The van der Waals surface area contributed by atoms with Crippen molar-refractivity contribution in [2.45, 2.75) is 13.2 Å². The lowest BCUT2D eigenvalue weighted by atomic mass is 10.1. The summed E-state index contributed by atoms with van der Waals surface area (Å²) >= 11 is 3.38. The molecule has 0 unspecified atom stereocenters. The number of ether oxygens (including phenoxy) is 1. The molecule has 2 heterocycles. The zero-order valence-electron chi connectivity index (χ0n) is 15.4. The highest BCUT2D eigenvalue weighted by atomic mass is 79.9. The van der Waals surface area contributed by atoms with Crippen LogP contribution in [0.15, 0.2) is 81.7 Å². The van der Waals surface area contributed by atoms with E-state index in [2.05, 4.69) is 31.4 Å². The van der Waals surface area contributed by atoms with Crippen LogP contribution in [0.3, 0.4) is 0 Å². The summed E-state index contributed by atoms with van der Waals surface area (Å²) in [4.78, 5) is 12.3. The number of halogens is 1. The van der Waals surface area contributed by atoms with Crippen LogP contribution >= 0.6 is 15.9 Å². The number of nitrogens with zero attached hydrogens (tertiary/aromatic N) is 1. The summed E-state index contributed by atoms with van der Waals surface area (Å²) < 4.78 is 12.2. The van der Waals surface area contributed by atoms with Gasteiger partial charge in [0, 0.05) is 10.0 Å². The first-order chi connectivity index (χ1) is 14.2. The first-order valence-electron chi connectivity index (χ1n) is 9.02. The summed E-state index contributed by atoms with van der Waals surface area (Å²) in [6.45, 7) is 0.569. The van der Waals surface area contributed by atoms with Crippen molar-refractivity contribution < 1.29 is 13.9 Å². The number of hydrogen-bond donors (Lipinski definition) is 2. The Balaban J connectivity index is 1.30. The van der Waals surface area contributed by atoms with Crippen molar-refractivity contribution in [2.24, 2.45) is 0 Å². The molecule has 7 heteroatoms. The van der Waals surface area contributed by atoms with Gasteiger partial charge in [-0.2, -0.15) is 5.10 Å². The lowest BCUT2D eigenvalue weighted by molar-refractivity contribution is 0.0918. The molecule has 4 rings (SSSR count). The molecule has 0 atom stereocenters. The maximum Gasteiger partial charge on any atom is 0.287 e. The number of amides is 1. The summed E-state index contributed by atoms with van der Waals surface area (Å²) in [6.07, 6.45) is 0. The fourth-order valence-corrected chi connectivity index (χ4v) is 3.00. The normalized spacial score (nSPS) is 10.7. The molecule has 29 heavy (non-hydrogen) atoms. The molecule has 0 fully saturated rings. The molecule has 0 radical (unpaired) electrons. The lowest BCUT2D eigenvalue weighted by Crippen LogP contribution is -2.22. The predicted molar refractivity (Wildman–Crippen MR) is 112 cm³/mol. The highest BCUT2D eigenvalue weighted by molar-refractivity contribution is 9.10. The number of furan rings is 1. The van der Waals surface area contributed by atoms with Crippen LogP contribution in [-0.2, 0) is 13.2 Å². The maximum atomic E-state index is 12.3. The van der Waals surface area contributed by atoms with E-state index in [4.69, 9.17) is 9.15 Å². The van der Waals surface area contributed by atoms with Crippen molar-refractivity contribution in [3.63, 3.8) is 0 Å². The van der Waals surface area contributed by atoms with Crippen LogP contribution in [0.1, 0.15) is 22.0 Å². The minimum atomic E-state index is -0.296. The van der Waals surface area contributed by atoms with Crippen molar-refractivity contribution in [1.82, 2.24) is 15.5 Å². The van der Waals surface area contributed by atoms with Gasteiger partial charge in [0.15, 0.2) is 5.76 Å². The Bertz CT molecular complexity index is 1090. The van der Waals surface area contributed by atoms with Gasteiger partial charge in [-0.3, -0.25) is 9.89 Å².